The molecule has 3 rings (SSSR count). The molecule has 0 aliphatic carbocycles. The fraction of sp³-hybridized carbons (Fsp3) is 0.208. The molecule has 0 saturated carbocycles. The summed E-state index contributed by atoms with van der Waals surface area (Å²) in [5, 5.41) is 3.12. The van der Waals surface area contributed by atoms with E-state index in [1.165, 1.54) is 30.3 Å². The van der Waals surface area contributed by atoms with Gasteiger partial charge in [0.05, 0.1) is 34.3 Å². The monoisotopic (exact) mass is 472 g/mol. The number of carbonyl (C=O) groups excluding carboxylic acids is 1. The molecule has 168 valence electrons. The maximum atomic E-state index is 12.8. The van der Waals surface area contributed by atoms with Crippen LogP contribution in [0.25, 0.3) is 0 Å². The van der Waals surface area contributed by atoms with Crippen molar-refractivity contribution in [1.29, 1.82) is 0 Å². The third kappa shape index (κ3) is 5.60. The van der Waals surface area contributed by atoms with Crippen LogP contribution in [0.2, 0.25) is 5.02 Å². The van der Waals surface area contributed by atoms with Crippen LogP contribution in [-0.2, 0) is 10.0 Å². The van der Waals surface area contributed by atoms with E-state index >= 15 is 0 Å². The number of rotatable bonds is 8. The first-order chi connectivity index (χ1) is 15.2. The topological polar surface area (TPSA) is 84.5 Å². The van der Waals surface area contributed by atoms with Crippen molar-refractivity contribution >= 4 is 33.2 Å². The lowest BCUT2D eigenvalue weighted by Crippen LogP contribution is -2.28. The number of hydrogen-bond acceptors (Lipinski definition) is 4. The molecule has 3 aromatic rings. The fourth-order valence-corrected chi connectivity index (χ4v) is 4.50. The van der Waals surface area contributed by atoms with Crippen LogP contribution in [0.15, 0.2) is 71.6 Å². The highest BCUT2D eigenvalue weighted by Gasteiger charge is 2.19. The largest absolute Gasteiger partial charge is 0.497 e. The Morgan fingerprint density at radius 2 is 1.69 bits per heavy atom. The molecular formula is C24H25ClN2O4S. The Hall–Kier alpha value is -3.03. The van der Waals surface area contributed by atoms with E-state index in [1.807, 2.05) is 38.1 Å². The van der Waals surface area contributed by atoms with Crippen LogP contribution in [0.1, 0.15) is 40.9 Å². The molecule has 0 saturated heterocycles. The van der Waals surface area contributed by atoms with Gasteiger partial charge >= 0.3 is 0 Å². The highest BCUT2D eigenvalue weighted by molar-refractivity contribution is 7.92. The lowest BCUT2D eigenvalue weighted by molar-refractivity contribution is 0.0935. The van der Waals surface area contributed by atoms with Crippen molar-refractivity contribution in [3.05, 3.63) is 88.4 Å². The van der Waals surface area contributed by atoms with Crippen molar-refractivity contribution in [3.63, 3.8) is 0 Å². The lowest BCUT2D eigenvalue weighted by atomic mass is 10.0. The molecule has 0 fully saturated rings. The number of benzene rings is 3. The van der Waals surface area contributed by atoms with Gasteiger partial charge in [0.1, 0.15) is 5.75 Å². The maximum Gasteiger partial charge on any atom is 0.261 e. The molecule has 2 N–H and O–H groups in total. The van der Waals surface area contributed by atoms with Gasteiger partial charge in [-0.25, -0.2) is 8.42 Å². The predicted octanol–water partition coefficient (Wildman–Crippen LogP) is 5.34. The molecule has 0 spiro atoms. The highest BCUT2D eigenvalue weighted by atomic mass is 35.5. The van der Waals surface area contributed by atoms with Crippen molar-refractivity contribution < 1.29 is 17.9 Å². The van der Waals surface area contributed by atoms with E-state index in [2.05, 4.69) is 10.0 Å². The second kappa shape index (κ2) is 10.1. The van der Waals surface area contributed by atoms with Gasteiger partial charge in [0, 0.05) is 0 Å². The number of aryl methyl sites for hydroxylation is 1. The molecule has 1 atom stereocenters. The van der Waals surface area contributed by atoms with Crippen LogP contribution in [0.4, 0.5) is 5.69 Å². The van der Waals surface area contributed by atoms with Crippen molar-refractivity contribution in [3.8, 4) is 5.75 Å². The van der Waals surface area contributed by atoms with Crippen molar-refractivity contribution in [2.45, 2.75) is 31.2 Å². The second-order valence-electron chi connectivity index (χ2n) is 7.32. The second-order valence-corrected chi connectivity index (χ2v) is 9.41. The summed E-state index contributed by atoms with van der Waals surface area (Å²) in [7, 11) is -2.17. The zero-order valence-corrected chi connectivity index (χ0v) is 19.6. The van der Waals surface area contributed by atoms with Gasteiger partial charge in [0.2, 0.25) is 0 Å². The first kappa shape index (κ1) is 23.6. The lowest BCUT2D eigenvalue weighted by Gasteiger charge is -2.18. The summed E-state index contributed by atoms with van der Waals surface area (Å²) in [5.74, 6) is 0.396. The Labute approximate surface area is 193 Å². The molecular weight excluding hydrogens is 448 g/mol. The minimum Gasteiger partial charge on any atom is -0.497 e. The molecule has 8 heteroatoms. The number of sulfonamides is 1. The van der Waals surface area contributed by atoms with E-state index in [0.29, 0.717) is 6.42 Å². The minimum absolute atomic E-state index is 0.145. The van der Waals surface area contributed by atoms with Crippen LogP contribution >= 0.6 is 11.6 Å². The average molecular weight is 473 g/mol. The van der Waals surface area contributed by atoms with Crippen LogP contribution < -0.4 is 14.8 Å². The third-order valence-corrected chi connectivity index (χ3v) is 6.74. The van der Waals surface area contributed by atoms with Gasteiger partial charge in [0.15, 0.2) is 0 Å². The summed E-state index contributed by atoms with van der Waals surface area (Å²) in [6.45, 7) is 3.85. The SMILES string of the molecule is CC[C@@H](NC(=O)c1ccc(NS(=O)(=O)c2ccc(C)cc2)cc1Cl)c1ccc(OC)cc1. The number of ether oxygens (including phenoxy) is 1. The zero-order chi connectivity index (χ0) is 23.3. The quantitative estimate of drug-likeness (QED) is 0.463. The van der Waals surface area contributed by atoms with Gasteiger partial charge in [0.25, 0.3) is 15.9 Å². The fourth-order valence-electron chi connectivity index (χ4n) is 3.19. The predicted molar refractivity (Wildman–Crippen MR) is 127 cm³/mol. The Morgan fingerprint density at radius 1 is 1.03 bits per heavy atom. The summed E-state index contributed by atoms with van der Waals surface area (Å²) in [6, 6.07) is 18.2. The smallest absolute Gasteiger partial charge is 0.261 e. The zero-order valence-electron chi connectivity index (χ0n) is 18.1. The molecule has 3 aromatic carbocycles. The number of halogens is 1. The van der Waals surface area contributed by atoms with Gasteiger partial charge in [-0.1, -0.05) is 48.4 Å². The summed E-state index contributed by atoms with van der Waals surface area (Å²) in [6.07, 6.45) is 0.685. The molecule has 32 heavy (non-hydrogen) atoms. The molecule has 0 heterocycles. The van der Waals surface area contributed by atoms with Crippen LogP contribution in [0.5, 0.6) is 5.75 Å². The Kier molecular flexibility index (Phi) is 7.43. The first-order valence-corrected chi connectivity index (χ1v) is 11.9. The molecule has 0 unspecified atom stereocenters. The average Bonchev–Trinajstić information content (AvgIpc) is 2.77. The van der Waals surface area contributed by atoms with Crippen LogP contribution in [0, 0.1) is 6.92 Å². The summed E-state index contributed by atoms with van der Waals surface area (Å²) in [4.78, 5) is 13.0. The number of anilines is 1. The number of hydrogen-bond donors (Lipinski definition) is 2. The maximum absolute atomic E-state index is 12.8. The van der Waals surface area contributed by atoms with E-state index in [-0.39, 0.29) is 33.1 Å². The van der Waals surface area contributed by atoms with Crippen LogP contribution in [0.3, 0.4) is 0 Å². The normalized spacial score (nSPS) is 12.1. The molecule has 1 amide bonds. The van der Waals surface area contributed by atoms with Crippen molar-refractivity contribution in [1.82, 2.24) is 5.32 Å². The number of carbonyl (C=O) groups is 1. The third-order valence-electron chi connectivity index (χ3n) is 5.03. The molecule has 0 bridgehead atoms. The summed E-state index contributed by atoms with van der Waals surface area (Å²) >= 11 is 6.32. The molecule has 0 radical (unpaired) electrons. The van der Waals surface area contributed by atoms with Gasteiger partial charge < -0.3 is 10.1 Å². The molecule has 0 aliphatic rings. The van der Waals surface area contributed by atoms with Gasteiger partial charge in [-0.15, -0.1) is 0 Å². The Balaban J connectivity index is 1.74. The Bertz CT molecular complexity index is 1190. The molecule has 0 aliphatic heterocycles. The van der Waals surface area contributed by atoms with Crippen LogP contribution in [-0.4, -0.2) is 21.4 Å². The first-order valence-electron chi connectivity index (χ1n) is 10.1. The van der Waals surface area contributed by atoms with Crippen molar-refractivity contribution in [2.24, 2.45) is 0 Å². The number of methoxy groups -OCH3 is 1. The highest BCUT2D eigenvalue weighted by Crippen LogP contribution is 2.25. The van der Waals surface area contributed by atoms with Gasteiger partial charge in [-0.05, 0) is 61.4 Å². The van der Waals surface area contributed by atoms with E-state index in [1.54, 1.807) is 19.2 Å². The summed E-state index contributed by atoms with van der Waals surface area (Å²) < 4.78 is 32.8. The van der Waals surface area contributed by atoms with E-state index in [9.17, 15) is 13.2 Å². The van der Waals surface area contributed by atoms with E-state index < -0.39 is 10.0 Å². The van der Waals surface area contributed by atoms with E-state index in [4.69, 9.17) is 16.3 Å². The minimum atomic E-state index is -3.76. The molecule has 6 nitrogen and oxygen atoms in total. The van der Waals surface area contributed by atoms with Crippen molar-refractivity contribution in [2.75, 3.05) is 11.8 Å². The number of amides is 1. The number of nitrogens with one attached hydrogen (secondary N) is 2. The van der Waals surface area contributed by atoms with Gasteiger partial charge in [-0.2, -0.15) is 0 Å². The summed E-state index contributed by atoms with van der Waals surface area (Å²) in [5.41, 5.74) is 2.44. The standard InChI is InChI=1S/C24H25ClN2O4S/c1-4-23(17-7-10-19(31-3)11-8-17)26-24(28)21-14-9-18(15-22(21)25)27-32(29,30)20-12-5-16(2)6-13-20/h5-15,23,27H,4H2,1-3H3,(H,26,28)/t23-/m1/s1. The Morgan fingerprint density at radius 3 is 2.25 bits per heavy atom. The van der Waals surface area contributed by atoms with Gasteiger partial charge in [-0.3, -0.25) is 9.52 Å². The molecule has 0 aromatic heterocycles. The van der Waals surface area contributed by atoms with E-state index in [0.717, 1.165) is 16.9 Å².